The van der Waals surface area contributed by atoms with Crippen molar-refractivity contribution in [1.29, 1.82) is 0 Å². The number of likely N-dealkylation sites (tertiary alicyclic amines) is 1. The highest BCUT2D eigenvalue weighted by Crippen LogP contribution is 2.17. The van der Waals surface area contributed by atoms with Gasteiger partial charge in [0.05, 0.1) is 0 Å². The minimum Gasteiger partial charge on any atom is -0.341 e. The van der Waals surface area contributed by atoms with Crippen LogP contribution in [0.15, 0.2) is 0 Å². The molecule has 1 aliphatic rings. The summed E-state index contributed by atoms with van der Waals surface area (Å²) in [6.45, 7) is 8.52. The average Bonchev–Trinajstić information content (AvgIpc) is 2.64. The van der Waals surface area contributed by atoms with Crippen LogP contribution >= 0.6 is 0 Å². The predicted molar refractivity (Wildman–Crippen MR) is 58.2 cm³/mol. The molecule has 0 radical (unpaired) electrons. The number of hydrogen-bond donors (Lipinski definition) is 0. The first-order chi connectivity index (χ1) is 6.56. The van der Waals surface area contributed by atoms with Gasteiger partial charge in [-0.05, 0) is 20.3 Å². The second-order valence-electron chi connectivity index (χ2n) is 4.39. The number of carbonyl (C=O) groups is 1. The number of amides is 1. The maximum Gasteiger partial charge on any atom is 0.222 e. The molecule has 0 bridgehead atoms. The summed E-state index contributed by atoms with van der Waals surface area (Å²) in [5.74, 6) is 0.264. The normalized spacial score (nSPS) is 23.1. The van der Waals surface area contributed by atoms with E-state index in [1.165, 1.54) is 0 Å². The third-order valence-corrected chi connectivity index (χ3v) is 3.17. The zero-order chi connectivity index (χ0) is 10.7. The summed E-state index contributed by atoms with van der Waals surface area (Å²) in [6, 6.07) is 1.04. The summed E-state index contributed by atoms with van der Waals surface area (Å²) in [5, 5.41) is 0. The van der Waals surface area contributed by atoms with Crippen molar-refractivity contribution >= 4 is 5.91 Å². The molecule has 1 rings (SSSR count). The van der Waals surface area contributed by atoms with Crippen LogP contribution in [-0.2, 0) is 4.79 Å². The van der Waals surface area contributed by atoms with Crippen LogP contribution in [0.3, 0.4) is 0 Å². The molecule has 0 aromatic carbocycles. The average molecular weight is 198 g/mol. The van der Waals surface area contributed by atoms with Crippen molar-refractivity contribution in [3.05, 3.63) is 0 Å². The third-order valence-electron chi connectivity index (χ3n) is 3.17. The lowest BCUT2D eigenvalue weighted by atomic mass is 10.2. The Morgan fingerprint density at radius 2 is 2.21 bits per heavy atom. The van der Waals surface area contributed by atoms with E-state index in [4.69, 9.17) is 0 Å². The molecular weight excluding hydrogens is 176 g/mol. The Morgan fingerprint density at radius 1 is 1.57 bits per heavy atom. The Labute approximate surface area is 87.1 Å². The molecule has 82 valence electrons. The van der Waals surface area contributed by atoms with Crippen molar-refractivity contribution in [2.75, 3.05) is 20.1 Å². The van der Waals surface area contributed by atoms with Crippen LogP contribution < -0.4 is 0 Å². The Hall–Kier alpha value is -0.570. The van der Waals surface area contributed by atoms with Crippen LogP contribution in [-0.4, -0.2) is 47.9 Å². The van der Waals surface area contributed by atoms with Crippen LogP contribution in [0.25, 0.3) is 0 Å². The summed E-state index contributed by atoms with van der Waals surface area (Å²) in [7, 11) is 1.93. The van der Waals surface area contributed by atoms with Gasteiger partial charge >= 0.3 is 0 Å². The molecule has 0 saturated carbocycles. The van der Waals surface area contributed by atoms with Gasteiger partial charge in [0.15, 0.2) is 0 Å². The second kappa shape index (κ2) is 4.78. The highest BCUT2D eigenvalue weighted by molar-refractivity contribution is 5.75. The Bertz CT molecular complexity index is 203. The SMILES string of the molecule is CCC(=O)N(C)[C@@H]1CCN(C(C)C)C1. The van der Waals surface area contributed by atoms with Gasteiger partial charge in [-0.2, -0.15) is 0 Å². The van der Waals surface area contributed by atoms with E-state index in [1.807, 2.05) is 18.9 Å². The molecule has 1 saturated heterocycles. The Morgan fingerprint density at radius 3 is 2.64 bits per heavy atom. The third kappa shape index (κ3) is 2.47. The molecule has 0 unspecified atom stereocenters. The highest BCUT2D eigenvalue weighted by Gasteiger charge is 2.28. The van der Waals surface area contributed by atoms with Gasteiger partial charge in [0.2, 0.25) is 5.91 Å². The topological polar surface area (TPSA) is 23.6 Å². The number of hydrogen-bond acceptors (Lipinski definition) is 2. The molecule has 1 heterocycles. The molecule has 14 heavy (non-hydrogen) atoms. The standard InChI is InChI=1S/C11H22N2O/c1-5-11(14)12(4)10-6-7-13(8-10)9(2)3/h9-10H,5-8H2,1-4H3/t10-/m1/s1. The molecule has 0 aromatic heterocycles. The van der Waals surface area contributed by atoms with E-state index < -0.39 is 0 Å². The van der Waals surface area contributed by atoms with Gasteiger partial charge in [-0.3, -0.25) is 9.69 Å². The van der Waals surface area contributed by atoms with E-state index in [0.29, 0.717) is 18.5 Å². The van der Waals surface area contributed by atoms with Crippen molar-refractivity contribution < 1.29 is 4.79 Å². The minimum atomic E-state index is 0.264. The fraction of sp³-hybridized carbons (Fsp3) is 0.909. The molecule has 1 fully saturated rings. The molecule has 0 aromatic rings. The molecule has 1 atom stereocenters. The highest BCUT2D eigenvalue weighted by atomic mass is 16.2. The first kappa shape index (κ1) is 11.5. The number of carbonyl (C=O) groups excluding carboxylic acids is 1. The van der Waals surface area contributed by atoms with E-state index >= 15 is 0 Å². The van der Waals surface area contributed by atoms with Crippen molar-refractivity contribution in [2.24, 2.45) is 0 Å². The van der Waals surface area contributed by atoms with Crippen LogP contribution in [0.1, 0.15) is 33.6 Å². The molecule has 0 N–H and O–H groups in total. The molecule has 1 aliphatic heterocycles. The predicted octanol–water partition coefficient (Wildman–Crippen LogP) is 1.34. The van der Waals surface area contributed by atoms with Crippen LogP contribution in [0.5, 0.6) is 0 Å². The monoisotopic (exact) mass is 198 g/mol. The fourth-order valence-corrected chi connectivity index (χ4v) is 2.01. The second-order valence-corrected chi connectivity index (χ2v) is 4.39. The molecule has 3 heteroatoms. The quantitative estimate of drug-likeness (QED) is 0.683. The lowest BCUT2D eigenvalue weighted by Gasteiger charge is -2.25. The van der Waals surface area contributed by atoms with Crippen molar-refractivity contribution in [3.63, 3.8) is 0 Å². The maximum atomic E-state index is 11.5. The molecule has 1 amide bonds. The molecular formula is C11H22N2O. The van der Waals surface area contributed by atoms with Crippen molar-refractivity contribution in [1.82, 2.24) is 9.80 Å². The fourth-order valence-electron chi connectivity index (χ4n) is 2.01. The maximum absolute atomic E-state index is 11.5. The lowest BCUT2D eigenvalue weighted by molar-refractivity contribution is -0.131. The van der Waals surface area contributed by atoms with Crippen LogP contribution in [0.4, 0.5) is 0 Å². The van der Waals surface area contributed by atoms with Crippen molar-refractivity contribution in [2.45, 2.75) is 45.7 Å². The summed E-state index contributed by atoms with van der Waals surface area (Å²) in [4.78, 5) is 15.8. The summed E-state index contributed by atoms with van der Waals surface area (Å²) < 4.78 is 0. The lowest BCUT2D eigenvalue weighted by Crippen LogP contribution is -2.39. The van der Waals surface area contributed by atoms with Gasteiger partial charge in [-0.15, -0.1) is 0 Å². The summed E-state index contributed by atoms with van der Waals surface area (Å²) >= 11 is 0. The molecule has 0 aliphatic carbocycles. The summed E-state index contributed by atoms with van der Waals surface area (Å²) in [5.41, 5.74) is 0. The Kier molecular flexibility index (Phi) is 3.93. The van der Waals surface area contributed by atoms with Gasteiger partial charge in [-0.25, -0.2) is 0 Å². The first-order valence-corrected chi connectivity index (χ1v) is 5.56. The van der Waals surface area contributed by atoms with Gasteiger partial charge in [-0.1, -0.05) is 6.92 Å². The van der Waals surface area contributed by atoms with Gasteiger partial charge in [0.1, 0.15) is 0 Å². The van der Waals surface area contributed by atoms with E-state index in [2.05, 4.69) is 18.7 Å². The van der Waals surface area contributed by atoms with E-state index in [0.717, 1.165) is 19.5 Å². The minimum absolute atomic E-state index is 0.264. The zero-order valence-corrected chi connectivity index (χ0v) is 9.79. The first-order valence-electron chi connectivity index (χ1n) is 5.56. The number of likely N-dealkylation sites (N-methyl/N-ethyl adjacent to an activating group) is 1. The number of rotatable bonds is 3. The van der Waals surface area contributed by atoms with E-state index in [9.17, 15) is 4.79 Å². The van der Waals surface area contributed by atoms with Gasteiger partial charge < -0.3 is 4.90 Å². The number of nitrogens with zero attached hydrogens (tertiary/aromatic N) is 2. The summed E-state index contributed by atoms with van der Waals surface area (Å²) in [6.07, 6.45) is 1.75. The van der Waals surface area contributed by atoms with E-state index in [-0.39, 0.29) is 5.91 Å². The van der Waals surface area contributed by atoms with Crippen molar-refractivity contribution in [3.8, 4) is 0 Å². The van der Waals surface area contributed by atoms with Crippen LogP contribution in [0, 0.1) is 0 Å². The Balaban J connectivity index is 2.45. The van der Waals surface area contributed by atoms with E-state index in [1.54, 1.807) is 0 Å². The molecule has 0 spiro atoms. The van der Waals surface area contributed by atoms with Gasteiger partial charge in [0, 0.05) is 38.6 Å². The largest absolute Gasteiger partial charge is 0.341 e. The van der Waals surface area contributed by atoms with Gasteiger partial charge in [0.25, 0.3) is 0 Å². The zero-order valence-electron chi connectivity index (χ0n) is 9.79. The van der Waals surface area contributed by atoms with Crippen LogP contribution in [0.2, 0.25) is 0 Å². The molecule has 3 nitrogen and oxygen atoms in total. The smallest absolute Gasteiger partial charge is 0.222 e.